The Bertz CT molecular complexity index is 390. The molecule has 0 radical (unpaired) electrons. The zero-order valence-electron chi connectivity index (χ0n) is 10.0. The molecule has 0 bridgehead atoms. The van der Waals surface area contributed by atoms with Crippen LogP contribution in [0.2, 0.25) is 5.32 Å². The fraction of sp³-hybridized carbons (Fsp3) is 0.333. The summed E-state index contributed by atoms with van der Waals surface area (Å²) >= 11 is -0.0358. The van der Waals surface area contributed by atoms with Crippen LogP contribution in [-0.2, 0) is 0 Å². The van der Waals surface area contributed by atoms with Gasteiger partial charge < -0.3 is 0 Å². The molecule has 0 saturated carbocycles. The number of nitrogens with one attached hydrogen (secondary N) is 1. The summed E-state index contributed by atoms with van der Waals surface area (Å²) in [5, 5.41) is 0.479. The molecule has 0 spiro atoms. The summed E-state index contributed by atoms with van der Waals surface area (Å²) in [7, 11) is 0. The van der Waals surface area contributed by atoms with Crippen molar-refractivity contribution in [1.82, 2.24) is 5.43 Å². The number of aliphatic imine (C=N–C) groups is 1. The van der Waals surface area contributed by atoms with E-state index < -0.39 is 0 Å². The molecule has 3 N–H and O–H groups in total. The molecule has 1 aromatic rings. The van der Waals surface area contributed by atoms with Gasteiger partial charge >= 0.3 is 108 Å². The Labute approximate surface area is 108 Å². The Hall–Kier alpha value is -1.16. The third kappa shape index (κ3) is 5.13. The summed E-state index contributed by atoms with van der Waals surface area (Å²) in [6.45, 7) is 3.96. The molecule has 0 aliphatic rings. The van der Waals surface area contributed by atoms with E-state index in [1.54, 1.807) is 0 Å². The minimum atomic E-state index is -0.0358. The van der Waals surface area contributed by atoms with Crippen molar-refractivity contribution in [3.63, 3.8) is 0 Å². The molecule has 0 unspecified atom stereocenters. The molecule has 5 heteroatoms. The monoisotopic (exact) mass is 299 g/mol. The topological polar surface area (TPSA) is 67.5 Å². The molecule has 92 valence electrons. The van der Waals surface area contributed by atoms with Gasteiger partial charge in [-0.3, -0.25) is 0 Å². The van der Waals surface area contributed by atoms with Crippen LogP contribution in [0.5, 0.6) is 0 Å². The zero-order valence-corrected chi connectivity index (χ0v) is 11.7. The number of hydrazine groups is 1. The number of carbonyl (C=O) groups is 1. The van der Waals surface area contributed by atoms with Crippen LogP contribution in [0.15, 0.2) is 35.3 Å². The van der Waals surface area contributed by atoms with E-state index >= 15 is 0 Å². The normalized spacial score (nSPS) is 11.6. The van der Waals surface area contributed by atoms with Crippen molar-refractivity contribution in [3.8, 4) is 0 Å². The molecule has 0 aromatic heterocycles. The summed E-state index contributed by atoms with van der Waals surface area (Å²) in [6, 6.07) is 9.47. The van der Waals surface area contributed by atoms with Gasteiger partial charge in [-0.15, -0.1) is 0 Å². The van der Waals surface area contributed by atoms with Gasteiger partial charge in [-0.2, -0.15) is 0 Å². The molecule has 0 aliphatic heterocycles. The van der Waals surface area contributed by atoms with E-state index in [0.717, 1.165) is 10.3 Å². The number of nitrogens with two attached hydrogens (primary N) is 1. The second kappa shape index (κ2) is 7.22. The van der Waals surface area contributed by atoms with Crippen LogP contribution in [0.1, 0.15) is 24.2 Å². The van der Waals surface area contributed by atoms with Crippen molar-refractivity contribution in [3.05, 3.63) is 35.9 Å². The summed E-state index contributed by atoms with van der Waals surface area (Å²) in [5.41, 5.74) is 3.31. The first-order valence-electron chi connectivity index (χ1n) is 5.39. The fourth-order valence-electron chi connectivity index (χ4n) is 1.19. The second-order valence-electron chi connectivity index (χ2n) is 3.75. The average Bonchev–Trinajstić information content (AvgIpc) is 2.34. The number of benzene rings is 1. The molecule has 1 rings (SSSR count). The Morgan fingerprint density at radius 2 is 2.06 bits per heavy atom. The molecule has 4 nitrogen and oxygen atoms in total. The van der Waals surface area contributed by atoms with Crippen LogP contribution in [0.25, 0.3) is 0 Å². The number of hydrogen-bond donors (Lipinski definition) is 2. The van der Waals surface area contributed by atoms with Gasteiger partial charge in [0.05, 0.1) is 0 Å². The Balaban J connectivity index is 2.53. The molecule has 0 fully saturated rings. The molecule has 0 saturated heterocycles. The zero-order chi connectivity index (χ0) is 12.7. The van der Waals surface area contributed by atoms with Crippen LogP contribution >= 0.6 is 0 Å². The number of ketones is 1. The quantitative estimate of drug-likeness (QED) is 0.214. The average molecular weight is 298 g/mol. The van der Waals surface area contributed by atoms with Crippen LogP contribution in [0, 0.1) is 0 Å². The SMILES string of the molecule is CC(C)N=C(NN)[Se]CC(=O)c1ccccc1. The molecule has 17 heavy (non-hydrogen) atoms. The second-order valence-corrected chi connectivity index (χ2v) is 5.77. The first-order chi connectivity index (χ1) is 8.13. The predicted octanol–water partition coefficient (Wildman–Crippen LogP) is 1.22. The minimum absolute atomic E-state index is 0.0358. The van der Waals surface area contributed by atoms with Gasteiger partial charge in [0.15, 0.2) is 0 Å². The van der Waals surface area contributed by atoms with Gasteiger partial charge in [0.2, 0.25) is 0 Å². The Kier molecular flexibility index (Phi) is 5.91. The third-order valence-electron chi connectivity index (χ3n) is 1.93. The summed E-state index contributed by atoms with van der Waals surface area (Å²) < 4.78 is 0.733. The van der Waals surface area contributed by atoms with Crippen molar-refractivity contribution in [2.24, 2.45) is 10.8 Å². The molecule has 0 heterocycles. The maximum atomic E-state index is 11.8. The summed E-state index contributed by atoms with van der Waals surface area (Å²) in [4.78, 5) is 16.2. The van der Waals surface area contributed by atoms with Gasteiger partial charge in [-0.1, -0.05) is 0 Å². The van der Waals surface area contributed by atoms with E-state index in [4.69, 9.17) is 5.84 Å². The van der Waals surface area contributed by atoms with Crippen molar-refractivity contribution in [2.75, 3.05) is 0 Å². The summed E-state index contributed by atoms with van der Waals surface area (Å²) in [5.74, 6) is 5.51. The number of carbonyl (C=O) groups excluding carboxylic acids is 1. The predicted molar refractivity (Wildman–Crippen MR) is 71.2 cm³/mol. The van der Waals surface area contributed by atoms with Crippen LogP contribution in [0.4, 0.5) is 0 Å². The maximum absolute atomic E-state index is 11.8. The van der Waals surface area contributed by atoms with Gasteiger partial charge in [-0.25, -0.2) is 0 Å². The number of Topliss-reactive ketones (excluding diaryl/α,β-unsaturated/α-hetero) is 1. The van der Waals surface area contributed by atoms with Crippen LogP contribution in [-0.4, -0.2) is 31.5 Å². The first-order valence-corrected chi connectivity index (χ1v) is 7.45. The van der Waals surface area contributed by atoms with E-state index in [9.17, 15) is 4.79 Å². The fourth-order valence-corrected chi connectivity index (χ4v) is 2.88. The first kappa shape index (κ1) is 13.9. The molecule has 0 aliphatic carbocycles. The standard InChI is InChI=1S/C12H17N3OSe/c1-9(2)14-12(15-13)17-8-11(16)10-6-4-3-5-7-10/h3-7,9H,8,13H2,1-2H3,(H,14,15). The van der Waals surface area contributed by atoms with Crippen molar-refractivity contribution >= 4 is 25.5 Å². The van der Waals surface area contributed by atoms with E-state index in [1.165, 1.54) is 0 Å². The number of amidine groups is 1. The van der Waals surface area contributed by atoms with Crippen LogP contribution in [0.3, 0.4) is 0 Å². The van der Waals surface area contributed by atoms with Gasteiger partial charge in [0.25, 0.3) is 0 Å². The van der Waals surface area contributed by atoms with Gasteiger partial charge in [-0.05, 0) is 0 Å². The van der Waals surface area contributed by atoms with Crippen LogP contribution < -0.4 is 11.3 Å². The van der Waals surface area contributed by atoms with Gasteiger partial charge in [0.1, 0.15) is 0 Å². The third-order valence-corrected chi connectivity index (χ3v) is 3.83. The number of rotatable bonds is 5. The molecular weight excluding hydrogens is 281 g/mol. The van der Waals surface area contributed by atoms with Crippen molar-refractivity contribution in [2.45, 2.75) is 25.2 Å². The summed E-state index contributed by atoms with van der Waals surface area (Å²) in [6.07, 6.45) is 0. The Morgan fingerprint density at radius 1 is 1.41 bits per heavy atom. The Morgan fingerprint density at radius 3 is 2.59 bits per heavy atom. The number of hydrogen-bond acceptors (Lipinski definition) is 3. The molecule has 0 atom stereocenters. The van der Waals surface area contributed by atoms with E-state index in [0.29, 0.717) is 5.32 Å². The van der Waals surface area contributed by atoms with Gasteiger partial charge in [0, 0.05) is 0 Å². The van der Waals surface area contributed by atoms with Crippen molar-refractivity contribution in [1.29, 1.82) is 0 Å². The van der Waals surface area contributed by atoms with Crippen molar-refractivity contribution < 1.29 is 4.79 Å². The van der Waals surface area contributed by atoms with E-state index in [1.807, 2.05) is 44.2 Å². The molecule has 0 amide bonds. The number of nitrogens with zero attached hydrogens (tertiary/aromatic N) is 1. The molecular formula is C12H17N3OSe. The van der Waals surface area contributed by atoms with E-state index in [-0.39, 0.29) is 26.8 Å². The van der Waals surface area contributed by atoms with E-state index in [2.05, 4.69) is 10.4 Å². The molecule has 1 aromatic carbocycles.